The summed E-state index contributed by atoms with van der Waals surface area (Å²) >= 11 is 0. The van der Waals surface area contributed by atoms with E-state index >= 15 is 0 Å². The molecule has 0 bridgehead atoms. The van der Waals surface area contributed by atoms with Crippen LogP contribution in [0.25, 0.3) is 83.4 Å². The smallest absolute Gasteiger partial charge is 0.163 e. The van der Waals surface area contributed by atoms with E-state index in [2.05, 4.69) is 329 Å². The van der Waals surface area contributed by atoms with Crippen molar-refractivity contribution in [1.82, 2.24) is 141 Å². The largest absolute Gasteiger partial charge is 0.334 e. The van der Waals surface area contributed by atoms with Gasteiger partial charge in [-0.1, -0.05) is 194 Å². The average Bonchev–Trinajstić information content (AvgIpc) is 1.94. The van der Waals surface area contributed by atoms with Crippen molar-refractivity contribution in [1.29, 1.82) is 0 Å². The molecule has 0 atom stereocenters. The van der Waals surface area contributed by atoms with E-state index in [0.29, 0.717) is 5.41 Å². The van der Waals surface area contributed by atoms with E-state index in [0.717, 1.165) is 118 Å². The molecule has 18 heterocycles. The zero-order chi connectivity index (χ0) is 92.5. The van der Waals surface area contributed by atoms with Gasteiger partial charge in [-0.3, -0.25) is 28.4 Å². The Hall–Kier alpha value is -12.6. The van der Waals surface area contributed by atoms with E-state index in [1.807, 2.05) is 150 Å². The average molecular weight is 1690 g/mol. The lowest BCUT2D eigenvalue weighted by Gasteiger charge is -2.19. The molecular formula is C96H133N29. The van der Waals surface area contributed by atoms with Crippen molar-refractivity contribution in [2.24, 2.45) is 47.7 Å². The van der Waals surface area contributed by atoms with Gasteiger partial charge in [-0.25, -0.2) is 64.3 Å². The molecule has 0 aliphatic heterocycles. The van der Waals surface area contributed by atoms with Crippen molar-refractivity contribution < 1.29 is 0 Å². The fourth-order valence-electron chi connectivity index (χ4n) is 13.2. The number of pyridine rings is 4. The summed E-state index contributed by atoms with van der Waals surface area (Å²) in [6.07, 6.45) is 34.4. The Morgan fingerprint density at radius 2 is 0.888 bits per heavy atom. The first-order valence-electron chi connectivity index (χ1n) is 42.2. The number of hydrogen-bond acceptors (Lipinski definition) is 20. The van der Waals surface area contributed by atoms with Gasteiger partial charge in [0.1, 0.15) is 41.4 Å². The summed E-state index contributed by atoms with van der Waals surface area (Å²) in [6, 6.07) is 18.1. The minimum atomic E-state index is 0.00947. The van der Waals surface area contributed by atoms with Crippen LogP contribution in [0.5, 0.6) is 0 Å². The van der Waals surface area contributed by atoms with Gasteiger partial charge in [0.15, 0.2) is 45.2 Å². The SMILES string of the molecule is CC(C)(C)C.CC(C)(C)c1ccc2nccn2n1.CC(C)(C)c1ccn2cnnc2c1.Cc1nc(C(C)(C)C)c2cnccn12.Cn1cc(C(C)(C)C)c2nccnc21.Cn1cnc2c(C(C)(C)C)ncnc21.Cn1cnc2cccnc21.Cn1nc(C(C)(C)C)c2cccnc21.Cn1ncc2c(C(C)(C)C)ccnc21.Cn1ncc2c(C(C)(C)C)ncnc21. The van der Waals surface area contributed by atoms with Gasteiger partial charge >= 0.3 is 0 Å². The third-order valence-corrected chi connectivity index (χ3v) is 19.6. The molecule has 0 fully saturated rings. The number of imidazole rings is 4. The molecule has 0 radical (unpaired) electrons. The molecule has 0 aliphatic rings. The van der Waals surface area contributed by atoms with E-state index in [-0.39, 0.29) is 43.3 Å². The second-order valence-electron chi connectivity index (χ2n) is 41.1. The van der Waals surface area contributed by atoms with Crippen LogP contribution in [0.2, 0.25) is 0 Å². The van der Waals surface area contributed by atoms with Gasteiger partial charge in [-0.05, 0) is 94.3 Å². The number of aromatic nitrogens is 29. The van der Waals surface area contributed by atoms with Crippen LogP contribution in [-0.4, -0.2) is 141 Å². The van der Waals surface area contributed by atoms with Gasteiger partial charge in [0.2, 0.25) is 0 Å². The standard InChI is InChI=1S/4C11H15N3.2C10H14N4.2C10H13N3.C7H7N3.C5H12/c1-11(2,3)8-7-14(4)10-9(8)12-5-6-13-10;1-11(2,3)9-5-6-12-10-8(9)7-13-14(10)4;1-8-13-10(11(2,3)4)9-7-12-5-6-14(8)9;1-11(2,3)9-8-6-5-7-12-10(8)14(4)13-9;1-10(2,3)8-7-9(12-5-11-8)14(4)6-13-7;1-10(2,3)8-7-5-13-14(4)9(7)12-6-11-8;1-10(2,3)8-4-5-13-7-11-12-9(13)6-8;1-10(2,3)8-4-5-9-11-6-7-13(9)12-8;1-10-5-9-6-3-2-4-8-7(6)10;1-5(2,3)4/h4*5-7H,1-4H3;2*5-6H,1-4H3;2*4-7H,1-3H3;2-5H,1H3;1-4H3. The van der Waals surface area contributed by atoms with Crippen LogP contribution in [-0.2, 0) is 85.6 Å². The molecule has 0 N–H and O–H groups in total. The second-order valence-corrected chi connectivity index (χ2v) is 41.1. The van der Waals surface area contributed by atoms with Crippen LogP contribution in [0.1, 0.15) is 245 Å². The van der Waals surface area contributed by atoms with Gasteiger partial charge in [0, 0.05) is 154 Å². The maximum Gasteiger partial charge on any atom is 0.163 e. The highest BCUT2D eigenvalue weighted by Gasteiger charge is 2.27. The summed E-state index contributed by atoms with van der Waals surface area (Å²) in [4.78, 5) is 59.8. The number of hydrogen-bond donors (Lipinski definition) is 0. The molecule has 0 amide bonds. The molecule has 125 heavy (non-hydrogen) atoms. The van der Waals surface area contributed by atoms with Crippen molar-refractivity contribution >= 4 is 83.4 Å². The van der Waals surface area contributed by atoms with Crippen LogP contribution in [0.15, 0.2) is 173 Å². The Labute approximate surface area is 736 Å². The summed E-state index contributed by atoms with van der Waals surface area (Å²) in [5, 5.41) is 28.6. The quantitative estimate of drug-likeness (QED) is 0.136. The summed E-state index contributed by atoms with van der Waals surface area (Å²) in [6.45, 7) is 62.8. The molecule has 29 nitrogen and oxygen atoms in total. The molecule has 0 saturated carbocycles. The Kier molecular flexibility index (Phi) is 29.5. The lowest BCUT2D eigenvalue weighted by atomic mass is 9.86. The Balaban J connectivity index is 0.000000158. The maximum atomic E-state index is 4.58. The van der Waals surface area contributed by atoms with Gasteiger partial charge in [0.25, 0.3) is 0 Å². The summed E-state index contributed by atoms with van der Waals surface area (Å²) in [5.41, 5.74) is 21.8. The Morgan fingerprint density at radius 1 is 0.344 bits per heavy atom. The predicted octanol–water partition coefficient (Wildman–Crippen LogP) is 19.5. The molecule has 18 aromatic rings. The number of nitrogens with zero attached hydrogens (tertiary/aromatic N) is 29. The zero-order valence-corrected chi connectivity index (χ0v) is 80.6. The van der Waals surface area contributed by atoms with Gasteiger partial charge in [-0.15, -0.1) is 10.2 Å². The summed E-state index contributed by atoms with van der Waals surface area (Å²) < 4.78 is 17.1. The predicted molar refractivity (Wildman–Crippen MR) is 505 cm³/mol. The molecular weight excluding hydrogens is 1560 g/mol. The third-order valence-electron chi connectivity index (χ3n) is 19.6. The Bertz CT molecular complexity index is 6020. The normalized spacial score (nSPS) is 12.1. The minimum Gasteiger partial charge on any atom is -0.334 e. The van der Waals surface area contributed by atoms with E-state index in [1.165, 1.54) is 16.7 Å². The van der Waals surface area contributed by atoms with Gasteiger partial charge in [0.05, 0.1) is 70.6 Å². The lowest BCUT2D eigenvalue weighted by Crippen LogP contribution is -2.14. The van der Waals surface area contributed by atoms with Crippen LogP contribution < -0.4 is 0 Å². The monoisotopic (exact) mass is 1690 g/mol. The second kappa shape index (κ2) is 38.3. The first-order chi connectivity index (χ1) is 58.0. The first-order valence-corrected chi connectivity index (χ1v) is 42.2. The number of aryl methyl sites for hydroxylation is 7. The van der Waals surface area contributed by atoms with E-state index < -0.39 is 0 Å². The summed E-state index contributed by atoms with van der Waals surface area (Å²) in [7, 11) is 11.6. The first kappa shape index (κ1) is 96.3. The van der Waals surface area contributed by atoms with Crippen molar-refractivity contribution in [2.45, 2.75) is 244 Å². The van der Waals surface area contributed by atoms with Gasteiger partial charge in [-0.2, -0.15) is 20.4 Å². The van der Waals surface area contributed by atoms with Crippen molar-refractivity contribution in [3.8, 4) is 0 Å². The highest BCUT2D eigenvalue weighted by atomic mass is 15.3. The van der Waals surface area contributed by atoms with Crippen LogP contribution in [0.3, 0.4) is 0 Å². The third kappa shape index (κ3) is 24.9. The minimum absolute atomic E-state index is 0.00947. The van der Waals surface area contributed by atoms with Gasteiger partial charge < -0.3 is 18.1 Å². The fraction of sp³-hybridized carbons (Fsp3) is 0.458. The molecule has 662 valence electrons. The van der Waals surface area contributed by atoms with Crippen molar-refractivity contribution in [3.63, 3.8) is 0 Å². The number of rotatable bonds is 0. The fourth-order valence-corrected chi connectivity index (χ4v) is 13.2. The van der Waals surface area contributed by atoms with E-state index in [1.54, 1.807) is 78.0 Å². The molecule has 18 aromatic heterocycles. The zero-order valence-electron chi connectivity index (χ0n) is 80.6. The highest BCUT2D eigenvalue weighted by Crippen LogP contribution is 2.34. The van der Waals surface area contributed by atoms with Crippen LogP contribution >= 0.6 is 0 Å². The highest BCUT2D eigenvalue weighted by molar-refractivity contribution is 5.81. The van der Waals surface area contributed by atoms with Crippen LogP contribution in [0.4, 0.5) is 0 Å². The van der Waals surface area contributed by atoms with E-state index in [4.69, 9.17) is 0 Å². The molecule has 29 heteroatoms. The molecule has 0 saturated heterocycles. The topological polar surface area (TPSA) is 301 Å². The molecule has 0 unspecified atom stereocenters. The lowest BCUT2D eigenvalue weighted by molar-refractivity contribution is 0.469. The molecule has 0 aromatic carbocycles. The van der Waals surface area contributed by atoms with E-state index in [9.17, 15) is 0 Å². The number of fused-ring (bicyclic) bond motifs is 9. The van der Waals surface area contributed by atoms with Crippen molar-refractivity contribution in [2.75, 3.05) is 0 Å². The van der Waals surface area contributed by atoms with Crippen molar-refractivity contribution in [3.05, 3.63) is 224 Å². The Morgan fingerprint density at radius 3 is 1.50 bits per heavy atom. The van der Waals surface area contributed by atoms with Crippen LogP contribution in [0, 0.1) is 12.3 Å². The maximum absolute atomic E-state index is 4.58. The molecule has 18 rings (SSSR count). The summed E-state index contributed by atoms with van der Waals surface area (Å²) in [5.74, 6) is 1.02. The molecule has 0 spiro atoms. The molecule has 0 aliphatic carbocycles.